The van der Waals surface area contributed by atoms with Crippen molar-refractivity contribution >= 4 is 0 Å². The topological polar surface area (TPSA) is 146 Å². The highest BCUT2D eigenvalue weighted by Gasteiger charge is 1.93. The Hall–Kier alpha value is -0.440. The second-order valence-corrected chi connectivity index (χ2v) is 5.18. The quantitative estimate of drug-likeness (QED) is 0.134. The average molecular weight is 433 g/mol. The van der Waals surface area contributed by atoms with E-state index >= 15 is 0 Å². The number of aliphatic hydroxyl groups excluding tert-OH is 4. The van der Waals surface area contributed by atoms with Crippen LogP contribution in [-0.2, 0) is 33.2 Å². The van der Waals surface area contributed by atoms with Gasteiger partial charge in [0.05, 0.1) is 119 Å². The van der Waals surface area contributed by atoms with Crippen LogP contribution in [0.1, 0.15) is 0 Å². The van der Waals surface area contributed by atoms with Crippen molar-refractivity contribution < 1.29 is 53.6 Å². The van der Waals surface area contributed by atoms with E-state index < -0.39 is 0 Å². The zero-order valence-corrected chi connectivity index (χ0v) is 17.4. The van der Waals surface area contributed by atoms with E-state index in [1.54, 1.807) is 0 Å². The molecule has 0 spiro atoms. The zero-order valence-electron chi connectivity index (χ0n) is 17.4. The Morgan fingerprint density at radius 3 is 0.517 bits per heavy atom. The molecule has 0 aliphatic heterocycles. The van der Waals surface area contributed by atoms with E-state index in [2.05, 4.69) is 0 Å². The molecule has 0 amide bonds. The third-order valence-electron chi connectivity index (χ3n) is 2.80. The molecule has 4 N–H and O–H groups in total. The molecule has 11 heteroatoms. The van der Waals surface area contributed by atoms with E-state index in [9.17, 15) is 0 Å². The normalized spacial score (nSPS) is 10.8. The Bertz CT molecular complexity index is 236. The molecule has 0 saturated heterocycles. The Labute approximate surface area is 173 Å². The molecule has 0 aliphatic rings. The molecule has 0 atom stereocenters. The van der Waals surface area contributed by atoms with Gasteiger partial charge in [-0.25, -0.2) is 0 Å². The fourth-order valence-corrected chi connectivity index (χ4v) is 1.56. The maximum atomic E-state index is 8.45. The molecule has 0 heterocycles. The summed E-state index contributed by atoms with van der Waals surface area (Å²) in [6.07, 6.45) is 0. The lowest BCUT2D eigenvalue weighted by molar-refractivity contribution is -0.0151. The fourth-order valence-electron chi connectivity index (χ4n) is 1.56. The monoisotopic (exact) mass is 432 g/mol. The molecule has 0 unspecified atom stereocenters. The van der Waals surface area contributed by atoms with Crippen molar-refractivity contribution in [1.82, 2.24) is 0 Å². The molecule has 11 nitrogen and oxygen atoms in total. The summed E-state index contributed by atoms with van der Waals surface area (Å²) in [6.45, 7) is 6.53. The van der Waals surface area contributed by atoms with E-state index in [1.807, 2.05) is 0 Å². The zero-order chi connectivity index (χ0) is 21.7. The third kappa shape index (κ3) is 35.4. The van der Waals surface area contributed by atoms with Crippen LogP contribution in [0.2, 0.25) is 0 Å². The second kappa shape index (κ2) is 32.2. The first-order chi connectivity index (χ1) is 14.3. The van der Waals surface area contributed by atoms with Gasteiger partial charge < -0.3 is 53.6 Å². The Morgan fingerprint density at radius 1 is 0.241 bits per heavy atom. The molecule has 0 saturated carbocycles. The van der Waals surface area contributed by atoms with Crippen molar-refractivity contribution in [2.75, 3.05) is 119 Å². The van der Waals surface area contributed by atoms with Crippen molar-refractivity contribution in [3.05, 3.63) is 0 Å². The molecule has 0 aromatic rings. The smallest absolute Gasteiger partial charge is 0.0701 e. The first-order valence-electron chi connectivity index (χ1n) is 9.81. The van der Waals surface area contributed by atoms with Crippen LogP contribution in [-0.4, -0.2) is 139 Å². The molecular weight excluding hydrogens is 392 g/mol. The number of hydrogen-bond donors (Lipinski definition) is 4. The lowest BCUT2D eigenvalue weighted by Gasteiger charge is -2.07. The summed E-state index contributed by atoms with van der Waals surface area (Å²) in [5.41, 5.74) is 0. The molecule has 0 aliphatic carbocycles. The van der Waals surface area contributed by atoms with Gasteiger partial charge in [-0.15, -0.1) is 0 Å². The van der Waals surface area contributed by atoms with Crippen molar-refractivity contribution in [3.8, 4) is 0 Å². The summed E-state index contributed by atoms with van der Waals surface area (Å²) in [7, 11) is 0. The molecule has 178 valence electrons. The minimum atomic E-state index is 0.0359. The highest BCUT2D eigenvalue weighted by molar-refractivity contribution is 4.36. The van der Waals surface area contributed by atoms with Crippen LogP contribution < -0.4 is 0 Å². The average Bonchev–Trinajstić information content (AvgIpc) is 2.74. The van der Waals surface area contributed by atoms with Gasteiger partial charge in [-0.3, -0.25) is 0 Å². The van der Waals surface area contributed by atoms with Crippen LogP contribution in [0.15, 0.2) is 0 Å². The lowest BCUT2D eigenvalue weighted by atomic mass is 10.7. The number of rotatable bonds is 23. The van der Waals surface area contributed by atoms with Gasteiger partial charge in [0.15, 0.2) is 0 Å². The Morgan fingerprint density at radius 2 is 0.379 bits per heavy atom. The maximum Gasteiger partial charge on any atom is 0.0701 e. The van der Waals surface area contributed by atoms with E-state index in [0.717, 1.165) is 0 Å². The standard InChI is InChI=1S/C12H26O7.C6H14O4/c13-1-3-15-5-7-17-9-11-19-12-10-18-8-6-16-4-2-14;7-1-3-9-5-6-10-4-2-8/h13-14H,1-12H2;7-8H,1-6H2. The van der Waals surface area contributed by atoms with Gasteiger partial charge in [0.25, 0.3) is 0 Å². The van der Waals surface area contributed by atoms with Crippen LogP contribution in [0, 0.1) is 0 Å². The summed E-state index contributed by atoms with van der Waals surface area (Å²) in [4.78, 5) is 0. The van der Waals surface area contributed by atoms with Crippen molar-refractivity contribution in [2.24, 2.45) is 0 Å². The Balaban J connectivity index is 0. The predicted octanol–water partition coefficient (Wildman–Crippen LogP) is -1.94. The highest BCUT2D eigenvalue weighted by Crippen LogP contribution is 1.83. The molecule has 0 aromatic carbocycles. The predicted molar refractivity (Wildman–Crippen MR) is 104 cm³/mol. The summed E-state index contributed by atoms with van der Waals surface area (Å²) < 4.78 is 35.5. The van der Waals surface area contributed by atoms with Crippen molar-refractivity contribution in [3.63, 3.8) is 0 Å². The Kier molecular flexibility index (Phi) is 34.2. The summed E-state index contributed by atoms with van der Waals surface area (Å²) >= 11 is 0. The minimum absolute atomic E-state index is 0.0359. The number of hydrogen-bond acceptors (Lipinski definition) is 11. The van der Waals surface area contributed by atoms with E-state index in [-0.39, 0.29) is 26.4 Å². The molecule has 29 heavy (non-hydrogen) atoms. The van der Waals surface area contributed by atoms with Crippen molar-refractivity contribution in [1.29, 1.82) is 0 Å². The van der Waals surface area contributed by atoms with Crippen LogP contribution in [0.5, 0.6) is 0 Å². The van der Waals surface area contributed by atoms with Gasteiger partial charge in [-0.2, -0.15) is 0 Å². The lowest BCUT2D eigenvalue weighted by Crippen LogP contribution is -2.14. The molecule has 0 rings (SSSR count). The van der Waals surface area contributed by atoms with Gasteiger partial charge in [0.2, 0.25) is 0 Å². The van der Waals surface area contributed by atoms with Crippen molar-refractivity contribution in [2.45, 2.75) is 0 Å². The third-order valence-corrected chi connectivity index (χ3v) is 2.80. The maximum absolute atomic E-state index is 8.45. The number of aliphatic hydroxyl groups is 4. The van der Waals surface area contributed by atoms with Gasteiger partial charge in [-0.05, 0) is 0 Å². The molecule has 0 bridgehead atoms. The van der Waals surface area contributed by atoms with E-state index in [0.29, 0.717) is 92.5 Å². The number of ether oxygens (including phenoxy) is 7. The fraction of sp³-hybridized carbons (Fsp3) is 1.00. The van der Waals surface area contributed by atoms with Gasteiger partial charge >= 0.3 is 0 Å². The first-order valence-corrected chi connectivity index (χ1v) is 9.81. The summed E-state index contributed by atoms with van der Waals surface area (Å²) in [5, 5.41) is 33.4. The molecule has 0 aromatic heterocycles. The molecule has 0 radical (unpaired) electrons. The van der Waals surface area contributed by atoms with Crippen LogP contribution >= 0.6 is 0 Å². The van der Waals surface area contributed by atoms with Crippen LogP contribution in [0.3, 0.4) is 0 Å². The van der Waals surface area contributed by atoms with E-state index in [1.165, 1.54) is 0 Å². The highest BCUT2D eigenvalue weighted by atomic mass is 16.6. The molecule has 0 fully saturated rings. The SMILES string of the molecule is OCCOCCOCCO.OCCOCCOCCOCCOCCOCCO. The minimum Gasteiger partial charge on any atom is -0.394 e. The van der Waals surface area contributed by atoms with Gasteiger partial charge in [0.1, 0.15) is 0 Å². The summed E-state index contributed by atoms with van der Waals surface area (Å²) in [6, 6.07) is 0. The van der Waals surface area contributed by atoms with Crippen LogP contribution in [0.4, 0.5) is 0 Å². The second-order valence-electron chi connectivity index (χ2n) is 5.18. The largest absolute Gasteiger partial charge is 0.394 e. The summed E-state index contributed by atoms with van der Waals surface area (Å²) in [5.74, 6) is 0. The molecular formula is C18H40O11. The van der Waals surface area contributed by atoms with E-state index in [4.69, 9.17) is 53.6 Å². The first kappa shape index (κ1) is 30.8. The van der Waals surface area contributed by atoms with Crippen LogP contribution in [0.25, 0.3) is 0 Å². The van der Waals surface area contributed by atoms with Gasteiger partial charge in [-0.1, -0.05) is 0 Å². The van der Waals surface area contributed by atoms with Gasteiger partial charge in [0, 0.05) is 0 Å².